The molecule has 3 rings (SSSR count). The molecule has 0 bridgehead atoms. The Labute approximate surface area is 175 Å². The quantitative estimate of drug-likeness (QED) is 0.772. The Kier molecular flexibility index (Phi) is 6.41. The van der Waals surface area contributed by atoms with Crippen molar-refractivity contribution >= 4 is 24.8 Å². The third kappa shape index (κ3) is 5.21. The SMILES string of the molecule is CC(=O)NCC(=Cc1ccc(N2CCN(C)CC2)cc1)B1OC(C)(C)C(C)(C)O1. The normalized spacial score (nSPS) is 22.1. The van der Waals surface area contributed by atoms with E-state index in [9.17, 15) is 4.79 Å². The molecule has 1 amide bonds. The van der Waals surface area contributed by atoms with Crippen LogP contribution in [0, 0.1) is 0 Å². The van der Waals surface area contributed by atoms with Crippen LogP contribution in [0.5, 0.6) is 0 Å². The number of carbonyl (C=O) groups excluding carboxylic acids is 1. The number of likely N-dealkylation sites (N-methyl/N-ethyl adjacent to an activating group) is 1. The van der Waals surface area contributed by atoms with Crippen molar-refractivity contribution in [1.82, 2.24) is 10.2 Å². The summed E-state index contributed by atoms with van der Waals surface area (Å²) in [5.74, 6) is -0.0715. The van der Waals surface area contributed by atoms with Gasteiger partial charge in [0, 0.05) is 45.3 Å². The first-order chi connectivity index (χ1) is 13.6. The summed E-state index contributed by atoms with van der Waals surface area (Å²) in [5.41, 5.74) is 2.38. The van der Waals surface area contributed by atoms with Gasteiger partial charge in [0.1, 0.15) is 0 Å². The molecule has 2 heterocycles. The fraction of sp³-hybridized carbons (Fsp3) is 0.591. The molecule has 2 aliphatic heterocycles. The Hall–Kier alpha value is -1.83. The number of carbonyl (C=O) groups is 1. The summed E-state index contributed by atoms with van der Waals surface area (Å²) in [5, 5.41) is 2.88. The Bertz CT molecular complexity index is 737. The fourth-order valence-electron chi connectivity index (χ4n) is 3.48. The van der Waals surface area contributed by atoms with E-state index in [1.807, 2.05) is 27.7 Å². The van der Waals surface area contributed by atoms with E-state index in [0.717, 1.165) is 37.2 Å². The first-order valence-corrected chi connectivity index (χ1v) is 10.4. The number of nitrogens with zero attached hydrogens (tertiary/aromatic N) is 2. The third-order valence-corrected chi connectivity index (χ3v) is 6.21. The highest BCUT2D eigenvalue weighted by molar-refractivity contribution is 6.56. The summed E-state index contributed by atoms with van der Waals surface area (Å²) in [6.45, 7) is 14.3. The number of anilines is 1. The number of benzene rings is 1. The highest BCUT2D eigenvalue weighted by atomic mass is 16.7. The summed E-state index contributed by atoms with van der Waals surface area (Å²) in [4.78, 5) is 16.3. The third-order valence-electron chi connectivity index (χ3n) is 6.21. The van der Waals surface area contributed by atoms with Crippen LogP contribution in [0.1, 0.15) is 40.2 Å². The van der Waals surface area contributed by atoms with Gasteiger partial charge < -0.3 is 24.4 Å². The van der Waals surface area contributed by atoms with Gasteiger partial charge >= 0.3 is 7.12 Å². The molecule has 0 radical (unpaired) electrons. The second-order valence-electron chi connectivity index (χ2n) is 9.10. The van der Waals surface area contributed by atoms with Crippen LogP contribution >= 0.6 is 0 Å². The van der Waals surface area contributed by atoms with Gasteiger partial charge in [0.25, 0.3) is 0 Å². The smallest absolute Gasteiger partial charge is 0.400 e. The average molecular weight is 399 g/mol. The van der Waals surface area contributed by atoms with E-state index < -0.39 is 18.3 Å². The molecule has 0 saturated carbocycles. The Balaban J connectivity index is 1.78. The molecular formula is C22H34BN3O3. The second kappa shape index (κ2) is 8.50. The Morgan fingerprint density at radius 2 is 1.62 bits per heavy atom. The maximum Gasteiger partial charge on any atom is 0.492 e. The van der Waals surface area contributed by atoms with Crippen LogP contribution in [0.25, 0.3) is 6.08 Å². The van der Waals surface area contributed by atoms with Crippen molar-refractivity contribution in [1.29, 1.82) is 0 Å². The molecule has 1 aromatic rings. The van der Waals surface area contributed by atoms with Gasteiger partial charge in [-0.3, -0.25) is 4.79 Å². The van der Waals surface area contributed by atoms with Crippen molar-refractivity contribution < 1.29 is 14.1 Å². The lowest BCUT2D eigenvalue weighted by Crippen LogP contribution is -2.44. The minimum Gasteiger partial charge on any atom is -0.400 e. The van der Waals surface area contributed by atoms with E-state index >= 15 is 0 Å². The van der Waals surface area contributed by atoms with Gasteiger partial charge in [0.15, 0.2) is 0 Å². The van der Waals surface area contributed by atoms with E-state index in [4.69, 9.17) is 9.31 Å². The second-order valence-corrected chi connectivity index (χ2v) is 9.10. The monoisotopic (exact) mass is 399 g/mol. The minimum atomic E-state index is -0.482. The Morgan fingerprint density at radius 1 is 1.07 bits per heavy atom. The summed E-state index contributed by atoms with van der Waals surface area (Å²) in [6.07, 6.45) is 2.06. The maximum absolute atomic E-state index is 11.5. The zero-order valence-electron chi connectivity index (χ0n) is 18.6. The average Bonchev–Trinajstić information content (AvgIpc) is 2.87. The van der Waals surface area contributed by atoms with Crippen LogP contribution in [0.2, 0.25) is 0 Å². The lowest BCUT2D eigenvalue weighted by molar-refractivity contribution is -0.118. The topological polar surface area (TPSA) is 54.0 Å². The van der Waals surface area contributed by atoms with E-state index in [1.54, 1.807) is 0 Å². The molecule has 158 valence electrons. The molecule has 2 saturated heterocycles. The van der Waals surface area contributed by atoms with Gasteiger partial charge in [-0.15, -0.1) is 0 Å². The van der Waals surface area contributed by atoms with Gasteiger partial charge in [0.2, 0.25) is 5.91 Å². The molecule has 1 N–H and O–H groups in total. The summed E-state index contributed by atoms with van der Waals surface area (Å²) in [6, 6.07) is 8.56. The van der Waals surface area contributed by atoms with Gasteiger partial charge in [-0.25, -0.2) is 0 Å². The molecule has 0 aliphatic carbocycles. The van der Waals surface area contributed by atoms with E-state index in [0.29, 0.717) is 6.54 Å². The molecule has 1 aromatic carbocycles. The Morgan fingerprint density at radius 3 is 2.14 bits per heavy atom. The summed E-state index contributed by atoms with van der Waals surface area (Å²) < 4.78 is 12.4. The van der Waals surface area contributed by atoms with E-state index in [1.165, 1.54) is 12.6 Å². The van der Waals surface area contributed by atoms with E-state index in [-0.39, 0.29) is 5.91 Å². The molecular weight excluding hydrogens is 365 g/mol. The molecule has 0 spiro atoms. The van der Waals surface area contributed by atoms with Crippen molar-refractivity contribution in [2.45, 2.75) is 45.8 Å². The molecule has 0 unspecified atom stereocenters. The van der Waals surface area contributed by atoms with Gasteiger partial charge in [-0.1, -0.05) is 18.2 Å². The number of hydrogen-bond donors (Lipinski definition) is 1. The van der Waals surface area contributed by atoms with Crippen molar-refractivity contribution in [2.75, 3.05) is 44.7 Å². The highest BCUT2D eigenvalue weighted by Gasteiger charge is 2.52. The summed E-state index contributed by atoms with van der Waals surface area (Å²) >= 11 is 0. The van der Waals surface area contributed by atoms with Crippen LogP contribution < -0.4 is 10.2 Å². The zero-order chi connectivity index (χ0) is 21.2. The minimum absolute atomic E-state index is 0.0715. The van der Waals surface area contributed by atoms with Gasteiger partial charge in [-0.2, -0.15) is 0 Å². The van der Waals surface area contributed by atoms with Crippen LogP contribution in [-0.4, -0.2) is 68.9 Å². The lowest BCUT2D eigenvalue weighted by atomic mass is 9.77. The number of hydrogen-bond acceptors (Lipinski definition) is 5. The standard InChI is InChI=1S/C22H34BN3O3/c1-17(27)24-16-19(23-28-21(2,3)22(4,5)29-23)15-18-7-9-20(10-8-18)26-13-11-25(6)12-14-26/h7-10,15H,11-14,16H2,1-6H3,(H,24,27). The van der Waals surface area contributed by atoms with Crippen LogP contribution in [0.15, 0.2) is 29.7 Å². The highest BCUT2D eigenvalue weighted by Crippen LogP contribution is 2.38. The van der Waals surface area contributed by atoms with Gasteiger partial charge in [-0.05, 0) is 57.9 Å². The maximum atomic E-state index is 11.5. The number of amides is 1. The number of rotatable bonds is 5. The van der Waals surface area contributed by atoms with Crippen LogP contribution in [0.4, 0.5) is 5.69 Å². The zero-order valence-corrected chi connectivity index (χ0v) is 18.6. The van der Waals surface area contributed by atoms with Crippen LogP contribution in [-0.2, 0) is 14.1 Å². The summed E-state index contributed by atoms with van der Waals surface area (Å²) in [7, 11) is 1.68. The molecule has 2 fully saturated rings. The fourth-order valence-corrected chi connectivity index (χ4v) is 3.48. The van der Waals surface area contributed by atoms with Crippen molar-refractivity contribution in [3.63, 3.8) is 0 Å². The molecule has 6 nitrogen and oxygen atoms in total. The number of piperazine rings is 1. The predicted molar refractivity (Wildman–Crippen MR) is 119 cm³/mol. The molecule has 29 heavy (non-hydrogen) atoms. The number of nitrogens with one attached hydrogen (secondary N) is 1. The lowest BCUT2D eigenvalue weighted by Gasteiger charge is -2.34. The van der Waals surface area contributed by atoms with Crippen molar-refractivity contribution in [3.05, 3.63) is 35.3 Å². The van der Waals surface area contributed by atoms with Crippen LogP contribution in [0.3, 0.4) is 0 Å². The van der Waals surface area contributed by atoms with Crippen molar-refractivity contribution in [2.24, 2.45) is 0 Å². The van der Waals surface area contributed by atoms with Gasteiger partial charge in [0.05, 0.1) is 11.2 Å². The van der Waals surface area contributed by atoms with E-state index in [2.05, 4.69) is 52.5 Å². The largest absolute Gasteiger partial charge is 0.492 e. The predicted octanol–water partition coefficient (Wildman–Crippen LogP) is 2.59. The molecule has 0 atom stereocenters. The van der Waals surface area contributed by atoms with Crippen molar-refractivity contribution in [3.8, 4) is 0 Å². The molecule has 7 heteroatoms. The molecule has 2 aliphatic rings. The molecule has 0 aromatic heterocycles. The first kappa shape index (κ1) is 21.9. The first-order valence-electron chi connectivity index (χ1n) is 10.4.